The van der Waals surface area contributed by atoms with Gasteiger partial charge in [0, 0.05) is 12.2 Å². The smallest absolute Gasteiger partial charge is 0.0814 e. The van der Waals surface area contributed by atoms with Gasteiger partial charge in [-0.3, -0.25) is 0 Å². The Morgan fingerprint density at radius 3 is 2.06 bits per heavy atom. The number of hydrogen-bond acceptors (Lipinski definition) is 2. The van der Waals surface area contributed by atoms with Crippen LogP contribution in [0.25, 0.3) is 0 Å². The summed E-state index contributed by atoms with van der Waals surface area (Å²) in [5, 5.41) is 13.6. The third-order valence-corrected chi connectivity index (χ3v) is 3.39. The molecule has 2 nitrogen and oxygen atoms in total. The van der Waals surface area contributed by atoms with E-state index in [9.17, 15) is 5.11 Å². The zero-order chi connectivity index (χ0) is 12.2. The molecule has 0 saturated carbocycles. The summed E-state index contributed by atoms with van der Waals surface area (Å²) >= 11 is 0. The minimum absolute atomic E-state index is 0.589. The number of aryl methyl sites for hydroxylation is 2. The highest BCUT2D eigenvalue weighted by Crippen LogP contribution is 2.22. The molecular weight excluding hydrogens is 198 g/mol. The number of nitrogens with one attached hydrogen (secondary N) is 1. The SMILES string of the molecule is CCC(O)(CC)CNc1c(C)cccc1C. The van der Waals surface area contributed by atoms with Gasteiger partial charge in [0.2, 0.25) is 0 Å². The molecule has 2 heteroatoms. The summed E-state index contributed by atoms with van der Waals surface area (Å²) < 4.78 is 0. The fourth-order valence-electron chi connectivity index (χ4n) is 1.85. The van der Waals surface area contributed by atoms with Gasteiger partial charge in [0.25, 0.3) is 0 Å². The fourth-order valence-corrected chi connectivity index (χ4v) is 1.85. The highest BCUT2D eigenvalue weighted by Gasteiger charge is 2.21. The lowest BCUT2D eigenvalue weighted by molar-refractivity contribution is 0.0457. The van der Waals surface area contributed by atoms with Gasteiger partial charge >= 0.3 is 0 Å². The molecule has 0 aromatic heterocycles. The zero-order valence-corrected chi connectivity index (χ0v) is 10.8. The molecule has 0 spiro atoms. The molecular formula is C14H23NO. The van der Waals surface area contributed by atoms with Crippen LogP contribution in [0.1, 0.15) is 37.8 Å². The molecule has 1 aromatic rings. The van der Waals surface area contributed by atoms with E-state index in [1.54, 1.807) is 0 Å². The van der Waals surface area contributed by atoms with Crippen LogP contribution in [-0.4, -0.2) is 17.3 Å². The molecule has 0 amide bonds. The van der Waals surface area contributed by atoms with Crippen molar-refractivity contribution in [3.8, 4) is 0 Å². The van der Waals surface area contributed by atoms with Crippen LogP contribution in [0.15, 0.2) is 18.2 Å². The maximum atomic E-state index is 10.2. The van der Waals surface area contributed by atoms with Crippen LogP contribution < -0.4 is 5.32 Å². The van der Waals surface area contributed by atoms with Gasteiger partial charge in [-0.1, -0.05) is 32.0 Å². The summed E-state index contributed by atoms with van der Waals surface area (Å²) in [7, 11) is 0. The molecule has 0 unspecified atom stereocenters. The number of rotatable bonds is 5. The lowest BCUT2D eigenvalue weighted by Gasteiger charge is -2.27. The summed E-state index contributed by atoms with van der Waals surface area (Å²) in [4.78, 5) is 0. The summed E-state index contributed by atoms with van der Waals surface area (Å²) in [5.74, 6) is 0. The Morgan fingerprint density at radius 1 is 1.12 bits per heavy atom. The largest absolute Gasteiger partial charge is 0.388 e. The second kappa shape index (κ2) is 5.35. The molecule has 1 rings (SSSR count). The molecule has 90 valence electrons. The van der Waals surface area contributed by atoms with Crippen LogP contribution in [0.2, 0.25) is 0 Å². The molecule has 0 bridgehead atoms. The average molecular weight is 221 g/mol. The van der Waals surface area contributed by atoms with Crippen molar-refractivity contribution in [2.24, 2.45) is 0 Å². The van der Waals surface area contributed by atoms with E-state index in [-0.39, 0.29) is 0 Å². The Morgan fingerprint density at radius 2 is 1.62 bits per heavy atom. The highest BCUT2D eigenvalue weighted by atomic mass is 16.3. The van der Waals surface area contributed by atoms with Gasteiger partial charge in [0.1, 0.15) is 0 Å². The topological polar surface area (TPSA) is 32.3 Å². The van der Waals surface area contributed by atoms with E-state index < -0.39 is 5.60 Å². The molecule has 0 heterocycles. The Bertz CT molecular complexity index is 322. The summed E-state index contributed by atoms with van der Waals surface area (Å²) in [6, 6.07) is 6.24. The second-order valence-corrected chi connectivity index (χ2v) is 4.55. The monoisotopic (exact) mass is 221 g/mol. The number of hydrogen-bond donors (Lipinski definition) is 2. The van der Waals surface area contributed by atoms with Crippen molar-refractivity contribution in [1.82, 2.24) is 0 Å². The third-order valence-electron chi connectivity index (χ3n) is 3.39. The first kappa shape index (κ1) is 13.0. The molecule has 1 aromatic carbocycles. The van der Waals surface area contributed by atoms with Gasteiger partial charge in [-0.25, -0.2) is 0 Å². The molecule has 2 N–H and O–H groups in total. The van der Waals surface area contributed by atoms with Crippen molar-refractivity contribution in [2.75, 3.05) is 11.9 Å². The highest BCUT2D eigenvalue weighted by molar-refractivity contribution is 5.56. The van der Waals surface area contributed by atoms with Gasteiger partial charge < -0.3 is 10.4 Å². The second-order valence-electron chi connectivity index (χ2n) is 4.55. The van der Waals surface area contributed by atoms with Crippen molar-refractivity contribution in [3.05, 3.63) is 29.3 Å². The number of anilines is 1. The molecule has 0 aliphatic carbocycles. The maximum Gasteiger partial charge on any atom is 0.0814 e. The van der Waals surface area contributed by atoms with E-state index in [2.05, 4.69) is 37.4 Å². The van der Waals surface area contributed by atoms with Crippen LogP contribution in [0.5, 0.6) is 0 Å². The number of para-hydroxylation sites is 1. The van der Waals surface area contributed by atoms with E-state index in [0.717, 1.165) is 18.5 Å². The normalized spacial score (nSPS) is 11.6. The van der Waals surface area contributed by atoms with E-state index in [4.69, 9.17) is 0 Å². The lowest BCUT2D eigenvalue weighted by atomic mass is 9.97. The van der Waals surface area contributed by atoms with Crippen molar-refractivity contribution in [3.63, 3.8) is 0 Å². The Labute approximate surface area is 98.7 Å². The van der Waals surface area contributed by atoms with Crippen LogP contribution in [-0.2, 0) is 0 Å². The molecule has 0 fully saturated rings. The summed E-state index contributed by atoms with van der Waals surface area (Å²) in [6.45, 7) is 8.84. The first-order chi connectivity index (χ1) is 7.52. The van der Waals surface area contributed by atoms with Gasteiger partial charge in [0.05, 0.1) is 5.60 Å². The minimum Gasteiger partial charge on any atom is -0.388 e. The van der Waals surface area contributed by atoms with Gasteiger partial charge in [-0.05, 0) is 37.8 Å². The number of benzene rings is 1. The molecule has 16 heavy (non-hydrogen) atoms. The van der Waals surface area contributed by atoms with E-state index in [1.807, 2.05) is 13.8 Å². The first-order valence-electron chi connectivity index (χ1n) is 6.05. The van der Waals surface area contributed by atoms with Crippen LogP contribution in [0, 0.1) is 13.8 Å². The first-order valence-corrected chi connectivity index (χ1v) is 6.05. The lowest BCUT2D eigenvalue weighted by Crippen LogP contribution is -2.35. The van der Waals surface area contributed by atoms with Gasteiger partial charge in [-0.15, -0.1) is 0 Å². The number of aliphatic hydroxyl groups is 1. The van der Waals surface area contributed by atoms with Crippen molar-refractivity contribution < 1.29 is 5.11 Å². The Kier molecular flexibility index (Phi) is 4.36. The van der Waals surface area contributed by atoms with Crippen molar-refractivity contribution in [2.45, 2.75) is 46.1 Å². The average Bonchev–Trinajstić information content (AvgIpc) is 2.28. The molecule has 0 radical (unpaired) electrons. The van der Waals surface area contributed by atoms with Crippen molar-refractivity contribution in [1.29, 1.82) is 0 Å². The molecule has 0 saturated heterocycles. The van der Waals surface area contributed by atoms with Crippen LogP contribution in [0.3, 0.4) is 0 Å². The molecule has 0 aliphatic heterocycles. The van der Waals surface area contributed by atoms with E-state index in [0.29, 0.717) is 6.54 Å². The predicted octanol–water partition coefficient (Wildman–Crippen LogP) is 3.27. The van der Waals surface area contributed by atoms with Gasteiger partial charge in [0.15, 0.2) is 0 Å². The van der Waals surface area contributed by atoms with E-state index >= 15 is 0 Å². The Hall–Kier alpha value is -1.02. The van der Waals surface area contributed by atoms with Crippen molar-refractivity contribution >= 4 is 5.69 Å². The third kappa shape index (κ3) is 2.99. The van der Waals surface area contributed by atoms with Gasteiger partial charge in [-0.2, -0.15) is 0 Å². The maximum absolute atomic E-state index is 10.2. The van der Waals surface area contributed by atoms with E-state index in [1.165, 1.54) is 11.1 Å². The molecule has 0 aliphatic rings. The Balaban J connectivity index is 2.75. The van der Waals surface area contributed by atoms with Crippen LogP contribution >= 0.6 is 0 Å². The zero-order valence-electron chi connectivity index (χ0n) is 10.8. The predicted molar refractivity (Wildman–Crippen MR) is 69.9 cm³/mol. The summed E-state index contributed by atoms with van der Waals surface area (Å²) in [5.41, 5.74) is 3.03. The molecule has 0 atom stereocenters. The summed E-state index contributed by atoms with van der Waals surface area (Å²) in [6.07, 6.45) is 1.56. The van der Waals surface area contributed by atoms with Crippen LogP contribution in [0.4, 0.5) is 5.69 Å². The fraction of sp³-hybridized carbons (Fsp3) is 0.571. The standard InChI is InChI=1S/C14H23NO/c1-5-14(16,6-2)10-15-13-11(3)8-7-9-12(13)4/h7-9,15-16H,5-6,10H2,1-4H3. The minimum atomic E-state index is -0.589. The quantitative estimate of drug-likeness (QED) is 0.800.